The fraction of sp³-hybridized carbons (Fsp3) is 0.676. The van der Waals surface area contributed by atoms with Gasteiger partial charge in [0.2, 0.25) is 17.5 Å². The number of hydrogen-bond acceptors (Lipinski definition) is 6. The van der Waals surface area contributed by atoms with Gasteiger partial charge in [-0.3, -0.25) is 24.0 Å². The molecule has 2 aliphatic carbocycles. The Morgan fingerprint density at radius 1 is 1.16 bits per heavy atom. The van der Waals surface area contributed by atoms with Gasteiger partial charge in [0.1, 0.15) is 12.1 Å². The maximum absolute atomic E-state index is 14.5. The molecule has 10 heteroatoms. The average Bonchev–Trinajstić information content (AvgIpc) is 3.74. The highest BCUT2D eigenvalue weighted by Crippen LogP contribution is 2.49. The molecule has 2 aromatic rings. The van der Waals surface area contributed by atoms with Crippen molar-refractivity contribution in [2.75, 3.05) is 20.1 Å². The van der Waals surface area contributed by atoms with Crippen molar-refractivity contribution in [3.05, 3.63) is 35.5 Å². The number of H-pyrrole nitrogens is 1. The first-order valence-electron chi connectivity index (χ1n) is 16.9. The third kappa shape index (κ3) is 4.06. The fourth-order valence-corrected chi connectivity index (χ4v) is 9.77. The number of carbonyl (C=O) groups excluding carboxylic acids is 3. The summed E-state index contributed by atoms with van der Waals surface area (Å²) in [4.78, 5) is 51.3. The minimum absolute atomic E-state index is 0.0894. The van der Waals surface area contributed by atoms with Gasteiger partial charge in [-0.25, -0.2) is 0 Å². The number of piperidine rings is 1. The lowest BCUT2D eigenvalue weighted by molar-refractivity contribution is -0.318. The van der Waals surface area contributed by atoms with Crippen molar-refractivity contribution < 1.29 is 24.2 Å². The Hall–Kier alpha value is -2.95. The third-order valence-corrected chi connectivity index (χ3v) is 12.0. The van der Waals surface area contributed by atoms with Crippen molar-refractivity contribution in [3.63, 3.8) is 0 Å². The molecule has 1 aromatic carbocycles. The van der Waals surface area contributed by atoms with E-state index in [1.807, 2.05) is 6.92 Å². The molecule has 1 saturated carbocycles. The van der Waals surface area contributed by atoms with E-state index in [1.54, 1.807) is 4.90 Å². The molecule has 3 amide bonds. The highest BCUT2D eigenvalue weighted by Gasteiger charge is 2.70. The number of carbonyl (C=O) groups is 3. The number of piperazine rings is 1. The molecule has 7 atom stereocenters. The average molecular weight is 604 g/mol. The monoisotopic (exact) mass is 603 g/mol. The number of aromatic nitrogens is 1. The van der Waals surface area contributed by atoms with Crippen LogP contribution in [0.5, 0.6) is 0 Å². The summed E-state index contributed by atoms with van der Waals surface area (Å²) in [5.41, 5.74) is 2.01. The number of nitrogens with one attached hydrogen (secondary N) is 2. The summed E-state index contributed by atoms with van der Waals surface area (Å²) in [6.07, 6.45) is 11.2. The number of benzene rings is 1. The second-order valence-electron chi connectivity index (χ2n) is 14.4. The summed E-state index contributed by atoms with van der Waals surface area (Å²) in [6.45, 7) is 2.93. The van der Waals surface area contributed by atoms with Crippen LogP contribution in [0.3, 0.4) is 0 Å². The molecule has 0 spiro atoms. The smallest absolute Gasteiger partial charge is 0.280 e. The van der Waals surface area contributed by atoms with Crippen molar-refractivity contribution in [1.82, 2.24) is 25.0 Å². The van der Waals surface area contributed by atoms with Crippen LogP contribution in [0.4, 0.5) is 0 Å². The van der Waals surface area contributed by atoms with Crippen LogP contribution >= 0.6 is 0 Å². The summed E-state index contributed by atoms with van der Waals surface area (Å²) in [7, 11) is 2.08. The fourth-order valence-electron chi connectivity index (χ4n) is 9.77. The SMILES string of the molecule is CC[C@@]1(NC(=O)[C@@H]2CC3c4cccc5[nH]cc(c45)C[C@H]3N(C)C2)O[C@@]2(O)[C@@H]3CCCN3C(=O)[C@H](CC3CCCCC3)N2C1=O. The Morgan fingerprint density at radius 3 is 2.77 bits per heavy atom. The van der Waals surface area contributed by atoms with Crippen LogP contribution < -0.4 is 5.32 Å². The Balaban J connectivity index is 1.08. The normalized spacial score (nSPS) is 37.3. The second kappa shape index (κ2) is 10.3. The molecule has 0 radical (unpaired) electrons. The minimum atomic E-state index is -1.96. The maximum atomic E-state index is 14.5. The largest absolute Gasteiger partial charge is 0.361 e. The highest BCUT2D eigenvalue weighted by atomic mass is 16.7. The quantitative estimate of drug-likeness (QED) is 0.483. The van der Waals surface area contributed by atoms with Crippen molar-refractivity contribution in [2.24, 2.45) is 11.8 Å². The van der Waals surface area contributed by atoms with Gasteiger partial charge in [0, 0.05) is 48.6 Å². The van der Waals surface area contributed by atoms with Crippen molar-refractivity contribution in [1.29, 1.82) is 0 Å². The van der Waals surface area contributed by atoms with E-state index in [0.717, 1.165) is 44.0 Å². The van der Waals surface area contributed by atoms with Gasteiger partial charge in [0.15, 0.2) is 0 Å². The van der Waals surface area contributed by atoms with Gasteiger partial charge < -0.3 is 25.2 Å². The van der Waals surface area contributed by atoms with E-state index in [1.165, 1.54) is 27.8 Å². The summed E-state index contributed by atoms with van der Waals surface area (Å²) in [5, 5.41) is 16.6. The maximum Gasteiger partial charge on any atom is 0.280 e. The highest BCUT2D eigenvalue weighted by molar-refractivity contribution is 5.97. The summed E-state index contributed by atoms with van der Waals surface area (Å²) >= 11 is 0. The Labute approximate surface area is 258 Å². The molecular weight excluding hydrogens is 558 g/mol. The molecule has 5 heterocycles. The number of aromatic amines is 1. The summed E-state index contributed by atoms with van der Waals surface area (Å²) in [5.74, 6) is -2.61. The lowest BCUT2D eigenvalue weighted by atomic mass is 9.72. The van der Waals surface area contributed by atoms with Crippen LogP contribution in [0.15, 0.2) is 24.4 Å². The minimum Gasteiger partial charge on any atom is -0.361 e. The number of amides is 3. The van der Waals surface area contributed by atoms with Crippen LogP contribution in [0.25, 0.3) is 10.9 Å². The zero-order chi connectivity index (χ0) is 30.4. The molecule has 4 aliphatic heterocycles. The van der Waals surface area contributed by atoms with E-state index in [0.29, 0.717) is 44.3 Å². The Bertz CT molecular complexity index is 1500. The lowest BCUT2D eigenvalue weighted by Gasteiger charge is -2.49. The topological polar surface area (TPSA) is 118 Å². The summed E-state index contributed by atoms with van der Waals surface area (Å²) < 4.78 is 6.45. The van der Waals surface area contributed by atoms with Gasteiger partial charge in [-0.1, -0.05) is 51.2 Å². The van der Waals surface area contributed by atoms with Crippen LogP contribution in [0.2, 0.25) is 0 Å². The molecule has 10 nitrogen and oxygen atoms in total. The molecule has 1 aromatic heterocycles. The van der Waals surface area contributed by atoms with Crippen molar-refractivity contribution >= 4 is 28.6 Å². The molecule has 5 fully saturated rings. The second-order valence-corrected chi connectivity index (χ2v) is 14.4. The number of ether oxygens (including phenoxy) is 1. The predicted molar refractivity (Wildman–Crippen MR) is 163 cm³/mol. The van der Waals surface area contributed by atoms with Crippen molar-refractivity contribution in [3.8, 4) is 0 Å². The van der Waals surface area contributed by atoms with Crippen LogP contribution in [0, 0.1) is 11.8 Å². The van der Waals surface area contributed by atoms with E-state index < -0.39 is 29.6 Å². The van der Waals surface area contributed by atoms with Gasteiger partial charge in [-0.15, -0.1) is 0 Å². The molecule has 4 saturated heterocycles. The van der Waals surface area contributed by atoms with E-state index in [-0.39, 0.29) is 30.1 Å². The molecule has 8 rings (SSSR count). The molecule has 6 aliphatic rings. The number of likely N-dealkylation sites (tertiary alicyclic amines) is 1. The first kappa shape index (κ1) is 28.5. The molecule has 0 bridgehead atoms. The van der Waals surface area contributed by atoms with E-state index >= 15 is 0 Å². The number of hydrogen-bond donors (Lipinski definition) is 3. The van der Waals surface area contributed by atoms with E-state index in [4.69, 9.17) is 4.74 Å². The van der Waals surface area contributed by atoms with Gasteiger partial charge in [-0.2, -0.15) is 0 Å². The Kier molecular flexibility index (Phi) is 6.67. The van der Waals surface area contributed by atoms with Crippen LogP contribution in [-0.4, -0.2) is 92.4 Å². The Morgan fingerprint density at radius 2 is 1.98 bits per heavy atom. The third-order valence-electron chi connectivity index (χ3n) is 12.0. The number of fused-ring (bicyclic) bond motifs is 5. The number of aliphatic hydroxyl groups is 1. The molecule has 1 unspecified atom stereocenters. The molecule has 236 valence electrons. The van der Waals surface area contributed by atoms with E-state index in [9.17, 15) is 19.5 Å². The first-order valence-corrected chi connectivity index (χ1v) is 16.9. The predicted octanol–water partition coefficient (Wildman–Crippen LogP) is 3.20. The number of rotatable bonds is 5. The van der Waals surface area contributed by atoms with Gasteiger partial charge in [0.25, 0.3) is 11.8 Å². The lowest BCUT2D eigenvalue weighted by Crippen LogP contribution is -2.71. The van der Waals surface area contributed by atoms with Crippen LogP contribution in [0.1, 0.15) is 88.2 Å². The standard InChI is InChI=1S/C34H45N5O5/c1-3-33(36-30(40)22-16-24-23-11-7-12-25-29(23)21(18-35-25)17-26(24)37(2)19-22)32(42)39-27(15-20-9-5-4-6-10-20)31(41)38-14-8-13-28(38)34(39,43)44-33/h7,11-12,18,20,22,24,26-28,35,43H,3-6,8-10,13-17,19H2,1-2H3,(H,36,40)/t22-,24?,26-,27+,28+,33-,34+/m1/s1. The summed E-state index contributed by atoms with van der Waals surface area (Å²) in [6, 6.07) is 5.25. The van der Waals surface area contributed by atoms with Crippen LogP contribution in [-0.2, 0) is 25.5 Å². The zero-order valence-corrected chi connectivity index (χ0v) is 25.9. The first-order chi connectivity index (χ1) is 21.2. The number of nitrogens with zero attached hydrogens (tertiary/aromatic N) is 3. The van der Waals surface area contributed by atoms with Gasteiger partial charge in [-0.05, 0) is 62.3 Å². The van der Waals surface area contributed by atoms with Gasteiger partial charge in [0.05, 0.1) is 5.92 Å². The number of likely N-dealkylation sites (N-methyl/N-ethyl adjacent to an activating group) is 1. The van der Waals surface area contributed by atoms with Gasteiger partial charge >= 0.3 is 0 Å². The molecular formula is C34H45N5O5. The van der Waals surface area contributed by atoms with Crippen molar-refractivity contribution in [2.45, 2.75) is 113 Å². The molecule has 3 N–H and O–H groups in total. The van der Waals surface area contributed by atoms with E-state index in [2.05, 4.69) is 46.6 Å². The zero-order valence-electron chi connectivity index (χ0n) is 25.9. The molecule has 44 heavy (non-hydrogen) atoms.